The second-order valence-electron chi connectivity index (χ2n) is 5.59. The van der Waals surface area contributed by atoms with Crippen molar-refractivity contribution >= 4 is 28.4 Å². The smallest absolute Gasteiger partial charge is 0.267 e. The molecule has 1 aromatic carbocycles. The minimum atomic E-state index is -0.910. The zero-order chi connectivity index (χ0) is 16.7. The molecule has 7 heteroatoms. The maximum absolute atomic E-state index is 12.7. The standard InChI is InChI=1S/C17H16N4O2S/c1-3-10-4-5-13-12(8-10)17(16(22)19-13)21-20-15(24-17)11-6-7-18-14(9-11)23-2/h4-9,21H,3H2,1-2H3,(H,19,22). The Hall–Kier alpha value is -2.54. The first-order chi connectivity index (χ1) is 11.7. The molecule has 3 heterocycles. The highest BCUT2D eigenvalue weighted by Crippen LogP contribution is 2.48. The van der Waals surface area contributed by atoms with Crippen molar-refractivity contribution in [1.82, 2.24) is 10.4 Å². The number of aromatic nitrogens is 1. The van der Waals surface area contributed by atoms with Crippen LogP contribution in [0.25, 0.3) is 0 Å². The third kappa shape index (κ3) is 2.16. The van der Waals surface area contributed by atoms with Crippen LogP contribution in [0, 0.1) is 0 Å². The fourth-order valence-electron chi connectivity index (χ4n) is 2.85. The van der Waals surface area contributed by atoms with Crippen LogP contribution < -0.4 is 15.5 Å². The number of hydrazone groups is 1. The van der Waals surface area contributed by atoms with Crippen molar-refractivity contribution in [3.05, 3.63) is 53.2 Å². The van der Waals surface area contributed by atoms with Gasteiger partial charge in [-0.1, -0.05) is 24.8 Å². The minimum absolute atomic E-state index is 0.101. The molecule has 2 aliphatic rings. The second-order valence-corrected chi connectivity index (χ2v) is 6.79. The fourth-order valence-corrected chi connectivity index (χ4v) is 3.99. The number of ether oxygens (including phenoxy) is 1. The summed E-state index contributed by atoms with van der Waals surface area (Å²) < 4.78 is 5.16. The maximum atomic E-state index is 12.7. The van der Waals surface area contributed by atoms with Crippen molar-refractivity contribution in [1.29, 1.82) is 0 Å². The van der Waals surface area contributed by atoms with Gasteiger partial charge >= 0.3 is 0 Å². The van der Waals surface area contributed by atoms with Crippen LogP contribution in [-0.4, -0.2) is 23.0 Å². The largest absolute Gasteiger partial charge is 0.481 e. The van der Waals surface area contributed by atoms with Gasteiger partial charge in [0.15, 0.2) is 0 Å². The van der Waals surface area contributed by atoms with E-state index in [1.807, 2.05) is 24.3 Å². The first kappa shape index (κ1) is 15.0. The molecule has 2 N–H and O–H groups in total. The number of rotatable bonds is 3. The van der Waals surface area contributed by atoms with E-state index in [4.69, 9.17) is 4.74 Å². The van der Waals surface area contributed by atoms with Gasteiger partial charge in [-0.15, -0.1) is 0 Å². The first-order valence-electron chi connectivity index (χ1n) is 7.65. The summed E-state index contributed by atoms with van der Waals surface area (Å²) in [6, 6.07) is 9.72. The third-order valence-corrected chi connectivity index (χ3v) is 5.52. The molecular formula is C17H16N4O2S. The van der Waals surface area contributed by atoms with Gasteiger partial charge in [0.25, 0.3) is 5.91 Å². The van der Waals surface area contributed by atoms with Gasteiger partial charge in [0.2, 0.25) is 10.8 Å². The van der Waals surface area contributed by atoms with Crippen molar-refractivity contribution in [2.75, 3.05) is 12.4 Å². The highest BCUT2D eigenvalue weighted by Gasteiger charge is 2.52. The Balaban J connectivity index is 1.71. The molecular weight excluding hydrogens is 324 g/mol. The molecule has 2 aromatic rings. The van der Waals surface area contributed by atoms with Gasteiger partial charge in [0, 0.05) is 29.1 Å². The minimum Gasteiger partial charge on any atom is -0.481 e. The quantitative estimate of drug-likeness (QED) is 0.898. The van der Waals surface area contributed by atoms with Crippen LogP contribution >= 0.6 is 11.8 Å². The van der Waals surface area contributed by atoms with Crippen LogP contribution in [0.4, 0.5) is 5.69 Å². The zero-order valence-electron chi connectivity index (χ0n) is 13.3. The Bertz CT molecular complexity index is 867. The molecule has 0 saturated carbocycles. The summed E-state index contributed by atoms with van der Waals surface area (Å²) >= 11 is 1.41. The van der Waals surface area contributed by atoms with E-state index in [0.29, 0.717) is 5.88 Å². The van der Waals surface area contributed by atoms with Crippen LogP contribution in [0.1, 0.15) is 23.6 Å². The Kier molecular flexibility index (Phi) is 3.45. The molecule has 4 rings (SSSR count). The van der Waals surface area contributed by atoms with Crippen molar-refractivity contribution in [2.24, 2.45) is 5.10 Å². The number of aryl methyl sites for hydroxylation is 1. The molecule has 6 nitrogen and oxygen atoms in total. The lowest BCUT2D eigenvalue weighted by Gasteiger charge is -2.20. The molecule has 24 heavy (non-hydrogen) atoms. The summed E-state index contributed by atoms with van der Waals surface area (Å²) in [4.78, 5) is 15.8. The van der Waals surface area contributed by atoms with Crippen molar-refractivity contribution in [2.45, 2.75) is 18.2 Å². The molecule has 0 bridgehead atoms. The number of hydrogen-bond acceptors (Lipinski definition) is 6. The van der Waals surface area contributed by atoms with Crippen LogP contribution in [0.15, 0.2) is 41.6 Å². The highest BCUT2D eigenvalue weighted by atomic mass is 32.2. The number of nitrogens with zero attached hydrogens (tertiary/aromatic N) is 2. The van der Waals surface area contributed by atoms with Crippen LogP contribution in [-0.2, 0) is 16.1 Å². The lowest BCUT2D eigenvalue weighted by atomic mass is 10.0. The molecule has 0 fully saturated rings. The SMILES string of the molecule is CCc1ccc2c(c1)C1(NN=C(c3ccnc(OC)c3)S1)C(=O)N2. The van der Waals surface area contributed by atoms with Gasteiger partial charge < -0.3 is 10.1 Å². The van der Waals surface area contributed by atoms with Crippen LogP contribution in [0.5, 0.6) is 5.88 Å². The third-order valence-electron chi connectivity index (χ3n) is 4.20. The molecule has 1 unspecified atom stereocenters. The molecule has 1 spiro atoms. The number of anilines is 1. The molecule has 1 aromatic heterocycles. The number of methoxy groups -OCH3 is 1. The van der Waals surface area contributed by atoms with E-state index in [1.165, 1.54) is 17.3 Å². The van der Waals surface area contributed by atoms with Crippen molar-refractivity contribution < 1.29 is 9.53 Å². The number of pyridine rings is 1. The first-order valence-corrected chi connectivity index (χ1v) is 8.47. The normalized spacial score (nSPS) is 21.2. The molecule has 1 atom stereocenters. The van der Waals surface area contributed by atoms with Crippen LogP contribution in [0.2, 0.25) is 0 Å². The van der Waals surface area contributed by atoms with Gasteiger partial charge in [-0.3, -0.25) is 10.2 Å². The maximum Gasteiger partial charge on any atom is 0.267 e. The number of thioether (sulfide) groups is 1. The van der Waals surface area contributed by atoms with E-state index in [9.17, 15) is 4.79 Å². The summed E-state index contributed by atoms with van der Waals surface area (Å²) in [6.45, 7) is 2.10. The van der Waals surface area contributed by atoms with Gasteiger partial charge in [0.1, 0.15) is 5.04 Å². The second kappa shape index (κ2) is 5.52. The summed E-state index contributed by atoms with van der Waals surface area (Å²) in [5.74, 6) is 0.414. The Labute approximate surface area is 143 Å². The van der Waals surface area contributed by atoms with E-state index in [-0.39, 0.29) is 5.91 Å². The van der Waals surface area contributed by atoms with Crippen LogP contribution in [0.3, 0.4) is 0 Å². The van der Waals surface area contributed by atoms with E-state index in [0.717, 1.165) is 28.3 Å². The van der Waals surface area contributed by atoms with E-state index in [2.05, 4.69) is 33.8 Å². The summed E-state index contributed by atoms with van der Waals surface area (Å²) in [7, 11) is 1.57. The Morgan fingerprint density at radius 1 is 1.29 bits per heavy atom. The van der Waals surface area contributed by atoms with Gasteiger partial charge in [-0.05, 0) is 30.2 Å². The topological polar surface area (TPSA) is 75.6 Å². The molecule has 0 radical (unpaired) electrons. The number of carbonyl (C=O) groups excluding carboxylic acids is 1. The predicted octanol–water partition coefficient (Wildman–Crippen LogP) is 2.46. The van der Waals surface area contributed by atoms with Crippen molar-refractivity contribution in [3.63, 3.8) is 0 Å². The molecule has 0 saturated heterocycles. The Morgan fingerprint density at radius 3 is 2.96 bits per heavy atom. The molecule has 0 aliphatic carbocycles. The average molecular weight is 340 g/mol. The Morgan fingerprint density at radius 2 is 2.17 bits per heavy atom. The summed E-state index contributed by atoms with van der Waals surface area (Å²) in [6.07, 6.45) is 2.58. The van der Waals surface area contributed by atoms with Gasteiger partial charge in [-0.25, -0.2) is 4.98 Å². The predicted molar refractivity (Wildman–Crippen MR) is 94.2 cm³/mol. The lowest BCUT2D eigenvalue weighted by Crippen LogP contribution is -2.39. The summed E-state index contributed by atoms with van der Waals surface area (Å²) in [5, 5.41) is 8.09. The fraction of sp³-hybridized carbons (Fsp3) is 0.235. The molecule has 1 amide bonds. The number of hydrogen-bond donors (Lipinski definition) is 2. The zero-order valence-corrected chi connectivity index (χ0v) is 14.1. The monoisotopic (exact) mass is 340 g/mol. The number of amides is 1. The number of nitrogens with one attached hydrogen (secondary N) is 2. The van der Waals surface area contributed by atoms with E-state index >= 15 is 0 Å². The number of carbonyl (C=O) groups is 1. The summed E-state index contributed by atoms with van der Waals surface area (Å²) in [5.41, 5.74) is 6.87. The van der Waals surface area contributed by atoms with Crippen molar-refractivity contribution in [3.8, 4) is 5.88 Å². The van der Waals surface area contributed by atoms with Gasteiger partial charge in [0.05, 0.1) is 7.11 Å². The number of benzene rings is 1. The van der Waals surface area contributed by atoms with E-state index < -0.39 is 4.87 Å². The highest BCUT2D eigenvalue weighted by molar-refractivity contribution is 8.16. The van der Waals surface area contributed by atoms with Gasteiger partial charge in [-0.2, -0.15) is 5.10 Å². The average Bonchev–Trinajstić information content (AvgIpc) is 3.18. The lowest BCUT2D eigenvalue weighted by molar-refractivity contribution is -0.118. The molecule has 122 valence electrons. The van der Waals surface area contributed by atoms with E-state index in [1.54, 1.807) is 13.3 Å². The number of fused-ring (bicyclic) bond motifs is 2. The molecule has 2 aliphatic heterocycles.